The Labute approximate surface area is 249 Å². The molecular weight excluding hydrogens is 536 g/mol. The summed E-state index contributed by atoms with van der Waals surface area (Å²) in [4.78, 5) is 28.1. The van der Waals surface area contributed by atoms with Gasteiger partial charge in [-0.05, 0) is 118 Å². The molecule has 1 aliphatic carbocycles. The molecule has 2 atom stereocenters. The van der Waals surface area contributed by atoms with Gasteiger partial charge in [0.2, 0.25) is 5.91 Å². The van der Waals surface area contributed by atoms with Gasteiger partial charge in [-0.1, -0.05) is 43.5 Å². The standard InChI is InChI=1S/C18H24FNO2.C16H23FN2O/c19-16-8-4-7-14(11-16)15-9-10-20(12-15)17(18(21)22)13-5-2-1-3-6-13;1-12-3-4-14(9-15(12)17)11-18-16(20)10-13-5-7-19(2)8-6-13/h4,7-8,11,13,15,17H,1-3,5-6,9-10,12H2,(H,21,22);3-4,9,13H,5-8,10-11H2,1-2H3,(H,18,20)/t15-,17-;/m1./s1. The number of likely N-dealkylation sites (tertiary alicyclic amines) is 2. The quantitative estimate of drug-likeness (QED) is 0.391. The van der Waals surface area contributed by atoms with Crippen molar-refractivity contribution in [2.75, 3.05) is 33.2 Å². The topological polar surface area (TPSA) is 72.9 Å². The average molecular weight is 584 g/mol. The van der Waals surface area contributed by atoms with E-state index in [0.717, 1.165) is 82.3 Å². The van der Waals surface area contributed by atoms with Crippen LogP contribution in [0.25, 0.3) is 0 Å². The molecule has 0 spiro atoms. The number of amides is 1. The summed E-state index contributed by atoms with van der Waals surface area (Å²) in [6.07, 6.45) is 9.25. The molecule has 2 aromatic carbocycles. The van der Waals surface area contributed by atoms with Gasteiger partial charge in [0.05, 0.1) is 0 Å². The normalized spacial score (nSPS) is 21.4. The number of nitrogens with one attached hydrogen (secondary N) is 1. The van der Waals surface area contributed by atoms with E-state index in [-0.39, 0.29) is 35.4 Å². The van der Waals surface area contributed by atoms with Crippen LogP contribution in [0.2, 0.25) is 0 Å². The highest BCUT2D eigenvalue weighted by Gasteiger charge is 2.38. The molecule has 2 N–H and O–H groups in total. The number of halogens is 2. The van der Waals surface area contributed by atoms with Gasteiger partial charge in [0.25, 0.3) is 0 Å². The predicted molar refractivity (Wildman–Crippen MR) is 161 cm³/mol. The molecule has 8 heteroatoms. The number of hydrogen-bond donors (Lipinski definition) is 2. The maximum atomic E-state index is 13.4. The lowest BCUT2D eigenvalue weighted by atomic mass is 9.83. The van der Waals surface area contributed by atoms with E-state index in [0.29, 0.717) is 24.4 Å². The molecule has 2 saturated heterocycles. The molecular formula is C34H47F2N3O3. The van der Waals surface area contributed by atoms with Crippen molar-refractivity contribution in [2.45, 2.75) is 83.2 Å². The lowest BCUT2D eigenvalue weighted by molar-refractivity contribution is -0.145. The summed E-state index contributed by atoms with van der Waals surface area (Å²) in [6, 6.07) is 11.5. The van der Waals surface area contributed by atoms with Gasteiger partial charge in [-0.15, -0.1) is 0 Å². The van der Waals surface area contributed by atoms with Gasteiger partial charge in [0, 0.05) is 19.5 Å². The van der Waals surface area contributed by atoms with Crippen LogP contribution in [0.1, 0.15) is 80.4 Å². The zero-order chi connectivity index (χ0) is 30.1. The van der Waals surface area contributed by atoms with Crippen molar-refractivity contribution in [1.82, 2.24) is 15.1 Å². The van der Waals surface area contributed by atoms with E-state index in [9.17, 15) is 23.5 Å². The van der Waals surface area contributed by atoms with E-state index in [4.69, 9.17) is 0 Å². The van der Waals surface area contributed by atoms with Crippen LogP contribution in [0.5, 0.6) is 0 Å². The largest absolute Gasteiger partial charge is 0.480 e. The molecule has 2 aromatic rings. The first kappa shape index (κ1) is 32.1. The maximum absolute atomic E-state index is 13.4. The number of benzene rings is 2. The van der Waals surface area contributed by atoms with Crippen LogP contribution < -0.4 is 5.32 Å². The van der Waals surface area contributed by atoms with Gasteiger partial charge in [-0.3, -0.25) is 14.5 Å². The predicted octanol–water partition coefficient (Wildman–Crippen LogP) is 6.13. The molecule has 2 heterocycles. The molecule has 5 rings (SSSR count). The van der Waals surface area contributed by atoms with Crippen LogP contribution in [-0.4, -0.2) is 66.1 Å². The first-order valence-corrected chi connectivity index (χ1v) is 15.6. The number of aryl methyl sites for hydroxylation is 1. The molecule has 2 aliphatic heterocycles. The van der Waals surface area contributed by atoms with E-state index in [1.165, 1.54) is 18.6 Å². The third-order valence-electron chi connectivity index (χ3n) is 9.32. The molecule has 6 nitrogen and oxygen atoms in total. The van der Waals surface area contributed by atoms with Crippen LogP contribution in [0, 0.1) is 30.4 Å². The van der Waals surface area contributed by atoms with Crippen molar-refractivity contribution in [1.29, 1.82) is 0 Å². The fourth-order valence-corrected chi connectivity index (χ4v) is 6.73. The summed E-state index contributed by atoms with van der Waals surface area (Å²) in [7, 11) is 2.11. The first-order valence-electron chi connectivity index (χ1n) is 15.6. The van der Waals surface area contributed by atoms with Gasteiger partial charge in [0.15, 0.2) is 0 Å². The lowest BCUT2D eigenvalue weighted by Crippen LogP contribution is -2.45. The van der Waals surface area contributed by atoms with Crippen LogP contribution in [0.3, 0.4) is 0 Å². The van der Waals surface area contributed by atoms with E-state index < -0.39 is 5.97 Å². The first-order chi connectivity index (χ1) is 20.2. The highest BCUT2D eigenvalue weighted by molar-refractivity contribution is 5.76. The van der Waals surface area contributed by atoms with Gasteiger partial charge >= 0.3 is 5.97 Å². The van der Waals surface area contributed by atoms with Gasteiger partial charge < -0.3 is 15.3 Å². The fourth-order valence-electron chi connectivity index (χ4n) is 6.73. The number of carboxylic acids is 1. The summed E-state index contributed by atoms with van der Waals surface area (Å²) < 4.78 is 26.8. The Balaban J connectivity index is 0.000000194. The molecule has 0 bridgehead atoms. The molecule has 0 unspecified atom stereocenters. The van der Waals surface area contributed by atoms with Gasteiger partial charge in [-0.25, -0.2) is 8.78 Å². The minimum absolute atomic E-state index is 0.0699. The van der Waals surface area contributed by atoms with Gasteiger partial charge in [0.1, 0.15) is 17.7 Å². The van der Waals surface area contributed by atoms with Crippen molar-refractivity contribution in [2.24, 2.45) is 11.8 Å². The molecule has 1 saturated carbocycles. The van der Waals surface area contributed by atoms with Crippen molar-refractivity contribution in [3.8, 4) is 0 Å². The second-order valence-corrected chi connectivity index (χ2v) is 12.5. The van der Waals surface area contributed by atoms with E-state index in [1.807, 2.05) is 12.1 Å². The second kappa shape index (κ2) is 15.6. The highest BCUT2D eigenvalue weighted by Crippen LogP contribution is 2.35. The maximum Gasteiger partial charge on any atom is 0.321 e. The summed E-state index contributed by atoms with van der Waals surface area (Å²) in [5, 5.41) is 12.6. The fraction of sp³-hybridized carbons (Fsp3) is 0.588. The van der Waals surface area contributed by atoms with Crippen molar-refractivity contribution >= 4 is 11.9 Å². The number of carboxylic acid groups (broad SMARTS) is 1. The Kier molecular flexibility index (Phi) is 11.9. The summed E-state index contributed by atoms with van der Waals surface area (Å²) in [5.41, 5.74) is 2.44. The monoisotopic (exact) mass is 583 g/mol. The Bertz CT molecular complexity index is 1180. The van der Waals surface area contributed by atoms with Crippen LogP contribution >= 0.6 is 0 Å². The smallest absolute Gasteiger partial charge is 0.321 e. The minimum atomic E-state index is -0.688. The molecule has 0 aromatic heterocycles. The van der Waals surface area contributed by atoms with E-state index >= 15 is 0 Å². The molecule has 3 aliphatic rings. The van der Waals surface area contributed by atoms with E-state index in [2.05, 4.69) is 22.2 Å². The molecule has 230 valence electrons. The van der Waals surface area contributed by atoms with Crippen LogP contribution in [-0.2, 0) is 16.1 Å². The molecule has 1 amide bonds. The van der Waals surface area contributed by atoms with Crippen molar-refractivity contribution in [3.63, 3.8) is 0 Å². The van der Waals surface area contributed by atoms with E-state index in [1.54, 1.807) is 25.1 Å². The second-order valence-electron chi connectivity index (χ2n) is 12.5. The molecule has 42 heavy (non-hydrogen) atoms. The third kappa shape index (κ3) is 9.33. The minimum Gasteiger partial charge on any atom is -0.480 e. The Morgan fingerprint density at radius 1 is 0.976 bits per heavy atom. The van der Waals surface area contributed by atoms with Crippen molar-refractivity contribution < 1.29 is 23.5 Å². The van der Waals surface area contributed by atoms with Gasteiger partial charge in [-0.2, -0.15) is 0 Å². The van der Waals surface area contributed by atoms with Crippen molar-refractivity contribution in [3.05, 3.63) is 70.8 Å². The number of carbonyl (C=O) groups is 2. The molecule has 0 radical (unpaired) electrons. The number of nitrogens with zero attached hydrogens (tertiary/aromatic N) is 2. The Hall–Kier alpha value is -2.84. The zero-order valence-corrected chi connectivity index (χ0v) is 25.2. The summed E-state index contributed by atoms with van der Waals surface area (Å²) in [5.74, 6) is -0.0305. The van der Waals surface area contributed by atoms with Crippen LogP contribution in [0.4, 0.5) is 8.78 Å². The summed E-state index contributed by atoms with van der Waals surface area (Å²) in [6.45, 7) is 5.81. The summed E-state index contributed by atoms with van der Waals surface area (Å²) >= 11 is 0. The number of hydrogen-bond acceptors (Lipinski definition) is 4. The number of rotatable bonds is 8. The highest BCUT2D eigenvalue weighted by atomic mass is 19.1. The zero-order valence-electron chi connectivity index (χ0n) is 25.2. The van der Waals surface area contributed by atoms with Crippen LogP contribution in [0.15, 0.2) is 42.5 Å². The Morgan fingerprint density at radius 2 is 1.71 bits per heavy atom. The SMILES string of the molecule is Cc1ccc(CNC(=O)CC2CCN(C)CC2)cc1F.O=C(O)[C@@H](C1CCCCC1)N1CC[C@@H](c2cccc(F)c2)C1. The third-order valence-corrected chi connectivity index (χ3v) is 9.32. The average Bonchev–Trinajstić information content (AvgIpc) is 3.45. The number of piperidine rings is 1. The lowest BCUT2D eigenvalue weighted by Gasteiger charge is -2.33. The molecule has 3 fully saturated rings. The number of carbonyl (C=O) groups excluding carboxylic acids is 1. The Morgan fingerprint density at radius 3 is 2.38 bits per heavy atom. The number of aliphatic carboxylic acids is 1.